The van der Waals surface area contributed by atoms with Crippen LogP contribution in [0, 0.1) is 0 Å². The third-order valence-corrected chi connectivity index (χ3v) is 7.59. The smallest absolute Gasteiger partial charge is 0.255 e. The molecule has 0 fully saturated rings. The van der Waals surface area contributed by atoms with E-state index in [-0.39, 0.29) is 17.6 Å². The second kappa shape index (κ2) is 12.4. The standard InChI is InChI=1S/C29H25N5O3S2/c1-37-24-11-6-5-10-23(24)31-28(36)21-13-15-22(16-14-21)30-26(35)19-39-29-33-32-27(25-12-7-17-38-25)34(29)18-20-8-3-2-4-9-20/h2-17H,18-19H2,1H3,(H,30,35)(H,31,36). The first-order valence-electron chi connectivity index (χ1n) is 12.1. The molecule has 0 bridgehead atoms. The Bertz CT molecular complexity index is 1550. The summed E-state index contributed by atoms with van der Waals surface area (Å²) in [4.78, 5) is 26.4. The van der Waals surface area contributed by atoms with Gasteiger partial charge in [-0.15, -0.1) is 21.5 Å². The fourth-order valence-electron chi connectivity index (χ4n) is 3.87. The molecular formula is C29H25N5O3S2. The molecule has 2 N–H and O–H groups in total. The van der Waals surface area contributed by atoms with Gasteiger partial charge in [0.05, 0.1) is 30.0 Å². The molecule has 3 aromatic carbocycles. The number of nitrogens with zero attached hydrogens (tertiary/aromatic N) is 3. The maximum atomic E-state index is 12.7. The molecule has 2 aromatic heterocycles. The quantitative estimate of drug-likeness (QED) is 0.204. The lowest BCUT2D eigenvalue weighted by Crippen LogP contribution is -2.16. The second-order valence-electron chi connectivity index (χ2n) is 8.42. The van der Waals surface area contributed by atoms with Crippen molar-refractivity contribution in [1.82, 2.24) is 14.8 Å². The van der Waals surface area contributed by atoms with E-state index in [4.69, 9.17) is 4.74 Å². The van der Waals surface area contributed by atoms with Crippen LogP contribution in [-0.2, 0) is 11.3 Å². The van der Waals surface area contributed by atoms with Crippen LogP contribution in [0.1, 0.15) is 15.9 Å². The number of amides is 2. The molecule has 5 aromatic rings. The van der Waals surface area contributed by atoms with Crippen molar-refractivity contribution in [2.24, 2.45) is 0 Å². The summed E-state index contributed by atoms with van der Waals surface area (Å²) < 4.78 is 7.32. The van der Waals surface area contributed by atoms with Crippen molar-refractivity contribution in [2.45, 2.75) is 11.7 Å². The highest BCUT2D eigenvalue weighted by molar-refractivity contribution is 7.99. The molecule has 10 heteroatoms. The number of methoxy groups -OCH3 is 1. The van der Waals surface area contributed by atoms with Gasteiger partial charge in [0, 0.05) is 11.3 Å². The average molecular weight is 556 g/mol. The van der Waals surface area contributed by atoms with Crippen LogP contribution >= 0.6 is 23.1 Å². The van der Waals surface area contributed by atoms with Gasteiger partial charge in [-0.25, -0.2) is 0 Å². The zero-order valence-corrected chi connectivity index (χ0v) is 22.7. The van der Waals surface area contributed by atoms with Crippen molar-refractivity contribution in [2.75, 3.05) is 23.5 Å². The van der Waals surface area contributed by atoms with Gasteiger partial charge in [-0.3, -0.25) is 14.2 Å². The molecule has 8 nitrogen and oxygen atoms in total. The lowest BCUT2D eigenvalue weighted by Gasteiger charge is -2.11. The minimum absolute atomic E-state index is 0.160. The van der Waals surface area contributed by atoms with Crippen LogP contribution in [0.25, 0.3) is 10.7 Å². The molecule has 0 spiro atoms. The molecule has 0 aliphatic heterocycles. The Kier molecular flexibility index (Phi) is 8.35. The molecule has 0 aliphatic rings. The van der Waals surface area contributed by atoms with Crippen molar-refractivity contribution in [3.8, 4) is 16.5 Å². The van der Waals surface area contributed by atoms with Gasteiger partial charge >= 0.3 is 0 Å². The maximum absolute atomic E-state index is 12.7. The molecule has 0 saturated heterocycles. The molecule has 0 atom stereocenters. The summed E-state index contributed by atoms with van der Waals surface area (Å²) in [5.74, 6) is 1.06. The van der Waals surface area contributed by atoms with Crippen LogP contribution in [0.4, 0.5) is 11.4 Å². The molecule has 0 aliphatic carbocycles. The summed E-state index contributed by atoms with van der Waals surface area (Å²) in [6.45, 7) is 0.601. The van der Waals surface area contributed by atoms with Crippen molar-refractivity contribution in [3.05, 3.63) is 108 Å². The molecular weight excluding hydrogens is 530 g/mol. The number of rotatable bonds is 10. The number of hydrogen-bond donors (Lipinski definition) is 2. The molecule has 39 heavy (non-hydrogen) atoms. The van der Waals surface area contributed by atoms with Crippen molar-refractivity contribution in [3.63, 3.8) is 0 Å². The van der Waals surface area contributed by atoms with E-state index in [0.29, 0.717) is 34.4 Å². The van der Waals surface area contributed by atoms with Gasteiger partial charge < -0.3 is 15.4 Å². The van der Waals surface area contributed by atoms with Crippen molar-refractivity contribution in [1.29, 1.82) is 0 Å². The predicted molar refractivity (Wildman–Crippen MR) is 156 cm³/mol. The van der Waals surface area contributed by atoms with E-state index in [0.717, 1.165) is 16.3 Å². The van der Waals surface area contributed by atoms with Crippen LogP contribution in [-0.4, -0.2) is 39.4 Å². The number of anilines is 2. The van der Waals surface area contributed by atoms with Gasteiger partial charge in [0.25, 0.3) is 5.91 Å². The van der Waals surface area contributed by atoms with Gasteiger partial charge in [0.15, 0.2) is 11.0 Å². The molecule has 0 saturated carbocycles. The summed E-state index contributed by atoms with van der Waals surface area (Å²) in [5.41, 5.74) is 2.76. The highest BCUT2D eigenvalue weighted by atomic mass is 32.2. The monoisotopic (exact) mass is 555 g/mol. The van der Waals surface area contributed by atoms with E-state index < -0.39 is 0 Å². The first kappa shape index (κ1) is 26.2. The molecule has 0 radical (unpaired) electrons. The zero-order chi connectivity index (χ0) is 27.0. The van der Waals surface area contributed by atoms with E-state index in [1.54, 1.807) is 54.8 Å². The number of ether oxygens (including phenoxy) is 1. The number of thioether (sulfide) groups is 1. The van der Waals surface area contributed by atoms with Crippen LogP contribution in [0.2, 0.25) is 0 Å². The number of thiophene rings is 1. The van der Waals surface area contributed by atoms with Gasteiger partial charge in [-0.1, -0.05) is 60.3 Å². The largest absolute Gasteiger partial charge is 0.495 e. The second-order valence-corrected chi connectivity index (χ2v) is 10.3. The molecule has 2 heterocycles. The minimum Gasteiger partial charge on any atom is -0.495 e. The Hall–Kier alpha value is -4.41. The lowest BCUT2D eigenvalue weighted by molar-refractivity contribution is -0.113. The minimum atomic E-state index is -0.271. The van der Waals surface area contributed by atoms with Crippen molar-refractivity contribution < 1.29 is 14.3 Å². The van der Waals surface area contributed by atoms with E-state index in [9.17, 15) is 9.59 Å². The number of nitrogens with one attached hydrogen (secondary N) is 2. The summed E-state index contributed by atoms with van der Waals surface area (Å²) in [7, 11) is 1.55. The highest BCUT2D eigenvalue weighted by Gasteiger charge is 2.17. The number of carbonyl (C=O) groups excluding carboxylic acids is 2. The first-order valence-corrected chi connectivity index (χ1v) is 14.0. The third-order valence-electron chi connectivity index (χ3n) is 5.76. The Balaban J connectivity index is 1.21. The van der Waals surface area contributed by atoms with Crippen LogP contribution in [0.15, 0.2) is 102 Å². The number of hydrogen-bond acceptors (Lipinski definition) is 7. The summed E-state index contributed by atoms with van der Waals surface area (Å²) in [6, 6.07) is 28.0. The molecule has 2 amide bonds. The first-order chi connectivity index (χ1) is 19.1. The number of para-hydroxylation sites is 2. The molecule has 5 rings (SSSR count). The topological polar surface area (TPSA) is 98.1 Å². The molecule has 0 unspecified atom stereocenters. The summed E-state index contributed by atoms with van der Waals surface area (Å²) >= 11 is 2.93. The highest BCUT2D eigenvalue weighted by Crippen LogP contribution is 2.28. The van der Waals surface area contributed by atoms with E-state index >= 15 is 0 Å². The Labute approximate surface area is 234 Å². The van der Waals surface area contributed by atoms with Crippen molar-refractivity contribution >= 4 is 46.3 Å². The third kappa shape index (κ3) is 6.54. The van der Waals surface area contributed by atoms with E-state index in [1.807, 2.05) is 52.4 Å². The van der Waals surface area contributed by atoms with Crippen LogP contribution in [0.3, 0.4) is 0 Å². The van der Waals surface area contributed by atoms with Gasteiger partial charge in [0.1, 0.15) is 5.75 Å². The fraction of sp³-hybridized carbons (Fsp3) is 0.103. The van der Waals surface area contributed by atoms with Gasteiger partial charge in [-0.2, -0.15) is 0 Å². The number of aromatic nitrogens is 3. The number of carbonyl (C=O) groups is 2. The Morgan fingerprint density at radius 3 is 2.41 bits per heavy atom. The SMILES string of the molecule is COc1ccccc1NC(=O)c1ccc(NC(=O)CSc2nnc(-c3cccs3)n2Cc2ccccc2)cc1. The Morgan fingerprint density at radius 2 is 1.67 bits per heavy atom. The maximum Gasteiger partial charge on any atom is 0.255 e. The lowest BCUT2D eigenvalue weighted by atomic mass is 10.2. The van der Waals surface area contributed by atoms with Crippen LogP contribution in [0.5, 0.6) is 5.75 Å². The fourth-order valence-corrected chi connectivity index (χ4v) is 5.32. The average Bonchev–Trinajstić information content (AvgIpc) is 3.63. The van der Waals surface area contributed by atoms with E-state index in [1.165, 1.54) is 11.8 Å². The zero-order valence-electron chi connectivity index (χ0n) is 21.0. The number of benzene rings is 3. The predicted octanol–water partition coefficient (Wildman–Crippen LogP) is 6.05. The molecule has 196 valence electrons. The summed E-state index contributed by atoms with van der Waals surface area (Å²) in [5, 5.41) is 17.2. The Morgan fingerprint density at radius 1 is 0.897 bits per heavy atom. The van der Waals surface area contributed by atoms with E-state index in [2.05, 4.69) is 33.0 Å². The summed E-state index contributed by atoms with van der Waals surface area (Å²) in [6.07, 6.45) is 0. The van der Waals surface area contributed by atoms with Gasteiger partial charge in [-0.05, 0) is 53.4 Å². The van der Waals surface area contributed by atoms with Gasteiger partial charge in [0.2, 0.25) is 5.91 Å². The normalized spacial score (nSPS) is 10.7. The van der Waals surface area contributed by atoms with Crippen LogP contribution < -0.4 is 15.4 Å².